The summed E-state index contributed by atoms with van der Waals surface area (Å²) in [6.45, 7) is 3.76. The zero-order chi connectivity index (χ0) is 23.9. The monoisotopic (exact) mass is 469 g/mol. The molecule has 2 aliphatic rings. The zero-order valence-corrected chi connectivity index (χ0v) is 20.1. The largest absolute Gasteiger partial charge is 0.494 e. The molecule has 34 heavy (non-hydrogen) atoms. The van der Waals surface area contributed by atoms with E-state index in [2.05, 4.69) is 20.5 Å². The number of para-hydroxylation sites is 1. The second kappa shape index (κ2) is 11.5. The van der Waals surface area contributed by atoms with Crippen LogP contribution in [0.3, 0.4) is 0 Å². The Labute approximate surface area is 200 Å². The van der Waals surface area contributed by atoms with Gasteiger partial charge in [-0.05, 0) is 32.3 Å². The number of nitrogens with one attached hydrogen (secondary N) is 1. The van der Waals surface area contributed by atoms with E-state index < -0.39 is 5.97 Å². The van der Waals surface area contributed by atoms with Crippen molar-refractivity contribution >= 4 is 11.9 Å². The third-order valence-corrected chi connectivity index (χ3v) is 6.81. The van der Waals surface area contributed by atoms with Gasteiger partial charge < -0.3 is 14.8 Å². The number of esters is 1. The number of ether oxygens (including phenoxy) is 2. The van der Waals surface area contributed by atoms with E-state index in [4.69, 9.17) is 9.47 Å². The fraction of sp³-hybridized carbons (Fsp3) is 0.600. The van der Waals surface area contributed by atoms with E-state index in [1.807, 2.05) is 31.2 Å². The van der Waals surface area contributed by atoms with Crippen LogP contribution in [0.1, 0.15) is 74.0 Å². The van der Waals surface area contributed by atoms with Gasteiger partial charge >= 0.3 is 5.97 Å². The molecular weight excluding hydrogens is 434 g/mol. The minimum Gasteiger partial charge on any atom is -0.494 e. The van der Waals surface area contributed by atoms with Crippen molar-refractivity contribution in [2.75, 3.05) is 20.3 Å². The van der Waals surface area contributed by atoms with Gasteiger partial charge in [-0.15, -0.1) is 5.10 Å². The van der Waals surface area contributed by atoms with Crippen molar-refractivity contribution in [1.29, 1.82) is 0 Å². The fourth-order valence-electron chi connectivity index (χ4n) is 5.04. The smallest absolute Gasteiger partial charge is 0.360 e. The van der Waals surface area contributed by atoms with Crippen LogP contribution in [-0.4, -0.2) is 64.1 Å². The number of hydrogen-bond donors (Lipinski definition) is 1. The number of hydrogen-bond acceptors (Lipinski definition) is 7. The maximum atomic E-state index is 13.5. The molecule has 1 aliphatic heterocycles. The Kier molecular flexibility index (Phi) is 8.16. The first kappa shape index (κ1) is 24.2. The molecule has 2 atom stereocenters. The third-order valence-electron chi connectivity index (χ3n) is 6.81. The number of carbonyl (C=O) groups excluding carboxylic acids is 2. The van der Waals surface area contributed by atoms with Gasteiger partial charge in [0, 0.05) is 24.7 Å². The molecular formula is C25H35N5O4. The summed E-state index contributed by atoms with van der Waals surface area (Å²) in [4.78, 5) is 27.5. The molecule has 1 aliphatic carbocycles. The molecule has 2 aromatic rings. The summed E-state index contributed by atoms with van der Waals surface area (Å²) in [5, 5.41) is 11.4. The molecule has 0 radical (unpaired) electrons. The highest BCUT2D eigenvalue weighted by Gasteiger charge is 2.39. The van der Waals surface area contributed by atoms with E-state index in [0.29, 0.717) is 26.1 Å². The van der Waals surface area contributed by atoms with Crippen LogP contribution in [0.15, 0.2) is 30.5 Å². The first-order valence-corrected chi connectivity index (χ1v) is 12.3. The Bertz CT molecular complexity index is 970. The van der Waals surface area contributed by atoms with Crippen LogP contribution in [0.2, 0.25) is 0 Å². The summed E-state index contributed by atoms with van der Waals surface area (Å²) in [6.07, 6.45) is 9.10. The number of methoxy groups -OCH3 is 1. The summed E-state index contributed by atoms with van der Waals surface area (Å²) in [7, 11) is 1.32. The van der Waals surface area contributed by atoms with E-state index in [-0.39, 0.29) is 29.7 Å². The summed E-state index contributed by atoms with van der Waals surface area (Å²) in [6, 6.07) is 7.83. The third kappa shape index (κ3) is 5.75. The molecule has 184 valence electrons. The highest BCUT2D eigenvalue weighted by atomic mass is 16.5. The van der Waals surface area contributed by atoms with Crippen LogP contribution in [0.5, 0.6) is 5.75 Å². The van der Waals surface area contributed by atoms with Crippen molar-refractivity contribution in [2.24, 2.45) is 0 Å². The fourth-order valence-corrected chi connectivity index (χ4v) is 5.04. The summed E-state index contributed by atoms with van der Waals surface area (Å²) in [5.74, 6) is 0.385. The Morgan fingerprint density at radius 2 is 1.91 bits per heavy atom. The summed E-state index contributed by atoms with van der Waals surface area (Å²) < 4.78 is 12.3. The molecule has 9 nitrogen and oxygen atoms in total. The van der Waals surface area contributed by atoms with Crippen molar-refractivity contribution < 1.29 is 19.1 Å². The van der Waals surface area contributed by atoms with Crippen molar-refractivity contribution in [3.05, 3.63) is 41.7 Å². The number of likely N-dealkylation sites (tertiary alicyclic amines) is 1. The normalized spacial score (nSPS) is 21.7. The van der Waals surface area contributed by atoms with Crippen LogP contribution in [0.4, 0.5) is 0 Å². The van der Waals surface area contributed by atoms with Crippen molar-refractivity contribution in [3.63, 3.8) is 0 Å². The van der Waals surface area contributed by atoms with Crippen LogP contribution in [-0.2, 0) is 16.1 Å². The molecule has 9 heteroatoms. The molecule has 2 heterocycles. The van der Waals surface area contributed by atoms with Crippen LogP contribution in [0, 0.1) is 0 Å². The number of nitrogens with zero attached hydrogens (tertiary/aromatic N) is 4. The molecule has 2 fully saturated rings. The number of rotatable bonds is 8. The van der Waals surface area contributed by atoms with Gasteiger partial charge in [-0.2, -0.15) is 0 Å². The lowest BCUT2D eigenvalue weighted by Crippen LogP contribution is -2.46. The lowest BCUT2D eigenvalue weighted by Gasteiger charge is -2.26. The Morgan fingerprint density at radius 1 is 1.15 bits per heavy atom. The van der Waals surface area contributed by atoms with E-state index in [1.165, 1.54) is 32.8 Å². The van der Waals surface area contributed by atoms with E-state index in [0.717, 1.165) is 24.2 Å². The van der Waals surface area contributed by atoms with Gasteiger partial charge in [-0.3, -0.25) is 9.69 Å². The average molecular weight is 470 g/mol. The van der Waals surface area contributed by atoms with Gasteiger partial charge in [0.2, 0.25) is 5.91 Å². The topological polar surface area (TPSA) is 98.6 Å². The van der Waals surface area contributed by atoms with Crippen molar-refractivity contribution in [3.8, 4) is 5.75 Å². The average Bonchev–Trinajstić information content (AvgIpc) is 3.42. The number of amides is 1. The molecule has 1 amide bonds. The van der Waals surface area contributed by atoms with Gasteiger partial charge in [0.05, 0.1) is 32.0 Å². The predicted molar refractivity (Wildman–Crippen MR) is 126 cm³/mol. The van der Waals surface area contributed by atoms with Gasteiger partial charge in [0.15, 0.2) is 5.69 Å². The second-order valence-corrected chi connectivity index (χ2v) is 9.15. The highest BCUT2D eigenvalue weighted by molar-refractivity contribution is 5.86. The minimum absolute atomic E-state index is 0.0663. The first-order valence-electron chi connectivity index (χ1n) is 12.3. The van der Waals surface area contributed by atoms with Gasteiger partial charge in [-0.25, -0.2) is 9.48 Å². The summed E-state index contributed by atoms with van der Waals surface area (Å²) >= 11 is 0. The van der Waals surface area contributed by atoms with Crippen LogP contribution < -0.4 is 10.1 Å². The van der Waals surface area contributed by atoms with E-state index in [9.17, 15) is 9.59 Å². The molecule has 1 saturated heterocycles. The molecule has 1 aromatic heterocycles. The second-order valence-electron chi connectivity index (χ2n) is 9.15. The van der Waals surface area contributed by atoms with E-state index >= 15 is 0 Å². The molecule has 0 bridgehead atoms. The molecule has 0 spiro atoms. The number of aromatic nitrogens is 3. The maximum Gasteiger partial charge on any atom is 0.360 e. The Hall–Kier alpha value is -2.94. The lowest BCUT2D eigenvalue weighted by molar-refractivity contribution is -0.126. The first-order chi connectivity index (χ1) is 16.6. The molecule has 1 aromatic carbocycles. The molecule has 4 rings (SSSR count). The van der Waals surface area contributed by atoms with E-state index in [1.54, 1.807) is 10.9 Å². The standard InChI is InChI=1S/C25H35N5O4/c1-3-34-23-13-9-8-10-18(23)15-29-16-20(30-17-21(27-28-30)25(32)33-2)14-22(29)24(31)26-19-11-6-4-5-7-12-19/h8-10,13,17,19-20,22H,3-7,11-12,14-16H2,1-2H3,(H,26,31)/t20-,22-/m0/s1. The van der Waals surface area contributed by atoms with Gasteiger partial charge in [-0.1, -0.05) is 49.1 Å². The maximum absolute atomic E-state index is 13.5. The van der Waals surface area contributed by atoms with Crippen molar-refractivity contribution in [2.45, 2.75) is 76.5 Å². The van der Waals surface area contributed by atoms with Crippen LogP contribution >= 0.6 is 0 Å². The van der Waals surface area contributed by atoms with Gasteiger partial charge in [0.25, 0.3) is 0 Å². The molecule has 1 saturated carbocycles. The Balaban J connectivity index is 1.53. The quantitative estimate of drug-likeness (QED) is 0.468. The minimum atomic E-state index is -0.519. The molecule has 0 unspecified atom stereocenters. The van der Waals surface area contributed by atoms with Crippen LogP contribution in [0.25, 0.3) is 0 Å². The molecule has 1 N–H and O–H groups in total. The predicted octanol–water partition coefficient (Wildman–Crippen LogP) is 3.12. The number of carbonyl (C=O) groups is 2. The lowest BCUT2D eigenvalue weighted by atomic mass is 10.1. The highest BCUT2D eigenvalue weighted by Crippen LogP contribution is 2.31. The summed E-state index contributed by atoms with van der Waals surface area (Å²) in [5.41, 5.74) is 1.22. The number of benzene rings is 1. The Morgan fingerprint density at radius 3 is 2.65 bits per heavy atom. The SMILES string of the molecule is CCOc1ccccc1CN1C[C@@H](n2cc(C(=O)OC)nn2)C[C@H]1C(=O)NC1CCCCCC1. The zero-order valence-electron chi connectivity index (χ0n) is 20.1. The van der Waals surface area contributed by atoms with Gasteiger partial charge in [0.1, 0.15) is 5.75 Å². The van der Waals surface area contributed by atoms with Crippen molar-refractivity contribution in [1.82, 2.24) is 25.2 Å².